The Labute approximate surface area is 129 Å². The van der Waals surface area contributed by atoms with Crippen molar-refractivity contribution in [1.29, 1.82) is 0 Å². The van der Waals surface area contributed by atoms with E-state index in [0.29, 0.717) is 0 Å². The first-order chi connectivity index (χ1) is 9.71. The molecule has 0 spiro atoms. The van der Waals surface area contributed by atoms with Crippen molar-refractivity contribution < 1.29 is 17.6 Å². The Balaban J connectivity index is 3.04. The molecule has 21 heavy (non-hydrogen) atoms. The molecule has 0 bridgehead atoms. The zero-order valence-corrected chi connectivity index (χ0v) is 13.8. The number of sulfone groups is 1. The molecule has 0 aromatic heterocycles. The summed E-state index contributed by atoms with van der Waals surface area (Å²) >= 11 is 5.78. The SMILES string of the molecule is CCN(C(=O)c1cc(Cl)ccc1F)C(C)CS(=O)(=O)CC. The molecular formula is C14H19ClFNO3S. The van der Waals surface area contributed by atoms with Crippen LogP contribution in [-0.4, -0.2) is 43.3 Å². The number of carbonyl (C=O) groups is 1. The fourth-order valence-electron chi connectivity index (χ4n) is 2.05. The van der Waals surface area contributed by atoms with E-state index in [0.717, 1.165) is 6.07 Å². The van der Waals surface area contributed by atoms with Gasteiger partial charge in [-0.05, 0) is 32.0 Å². The third-order valence-corrected chi connectivity index (χ3v) is 5.33. The smallest absolute Gasteiger partial charge is 0.257 e. The maximum Gasteiger partial charge on any atom is 0.257 e. The lowest BCUT2D eigenvalue weighted by Gasteiger charge is -2.28. The number of benzene rings is 1. The van der Waals surface area contributed by atoms with Crippen LogP contribution < -0.4 is 0 Å². The van der Waals surface area contributed by atoms with Gasteiger partial charge in [0.2, 0.25) is 0 Å². The number of nitrogens with zero attached hydrogens (tertiary/aromatic N) is 1. The lowest BCUT2D eigenvalue weighted by molar-refractivity contribution is 0.0714. The van der Waals surface area contributed by atoms with Gasteiger partial charge in [-0.15, -0.1) is 0 Å². The van der Waals surface area contributed by atoms with Crippen molar-refractivity contribution in [3.63, 3.8) is 0 Å². The zero-order valence-electron chi connectivity index (χ0n) is 12.3. The molecule has 1 unspecified atom stereocenters. The monoisotopic (exact) mass is 335 g/mol. The largest absolute Gasteiger partial charge is 0.335 e. The second kappa shape index (κ2) is 7.22. The van der Waals surface area contributed by atoms with Gasteiger partial charge < -0.3 is 4.90 Å². The normalized spacial score (nSPS) is 13.0. The number of hydrogen-bond donors (Lipinski definition) is 0. The van der Waals surface area contributed by atoms with Crippen LogP contribution in [0, 0.1) is 5.82 Å². The molecule has 0 saturated carbocycles. The fraction of sp³-hybridized carbons (Fsp3) is 0.500. The molecule has 0 radical (unpaired) electrons. The quantitative estimate of drug-likeness (QED) is 0.803. The van der Waals surface area contributed by atoms with Crippen LogP contribution in [0.3, 0.4) is 0 Å². The lowest BCUT2D eigenvalue weighted by Crippen LogP contribution is -2.42. The van der Waals surface area contributed by atoms with Crippen LogP contribution in [0.5, 0.6) is 0 Å². The second-order valence-electron chi connectivity index (χ2n) is 4.76. The minimum atomic E-state index is -3.22. The summed E-state index contributed by atoms with van der Waals surface area (Å²) in [7, 11) is -3.22. The predicted octanol–water partition coefficient (Wildman–Crippen LogP) is 2.76. The van der Waals surface area contributed by atoms with E-state index in [1.165, 1.54) is 17.0 Å². The second-order valence-corrected chi connectivity index (χ2v) is 7.60. The average Bonchev–Trinajstić information content (AvgIpc) is 2.41. The minimum absolute atomic E-state index is 0.00854. The molecule has 7 heteroatoms. The highest BCUT2D eigenvalue weighted by molar-refractivity contribution is 7.91. The van der Waals surface area contributed by atoms with Gasteiger partial charge in [-0.1, -0.05) is 18.5 Å². The molecule has 4 nitrogen and oxygen atoms in total. The van der Waals surface area contributed by atoms with Crippen molar-refractivity contribution in [3.8, 4) is 0 Å². The number of carbonyl (C=O) groups excluding carboxylic acids is 1. The molecule has 0 N–H and O–H groups in total. The van der Waals surface area contributed by atoms with Gasteiger partial charge in [-0.25, -0.2) is 12.8 Å². The number of hydrogen-bond acceptors (Lipinski definition) is 3. The Morgan fingerprint density at radius 1 is 1.38 bits per heavy atom. The van der Waals surface area contributed by atoms with E-state index < -0.39 is 27.6 Å². The Morgan fingerprint density at radius 2 is 2.00 bits per heavy atom. The van der Waals surface area contributed by atoms with Crippen LogP contribution in [0.25, 0.3) is 0 Å². The maximum atomic E-state index is 13.8. The molecule has 1 aromatic rings. The highest BCUT2D eigenvalue weighted by Gasteiger charge is 2.26. The first-order valence-electron chi connectivity index (χ1n) is 6.68. The van der Waals surface area contributed by atoms with E-state index in [2.05, 4.69) is 0 Å². The molecule has 118 valence electrons. The van der Waals surface area contributed by atoms with Crippen LogP contribution in [0.4, 0.5) is 4.39 Å². The lowest BCUT2D eigenvalue weighted by atomic mass is 10.1. The molecule has 1 aromatic carbocycles. The highest BCUT2D eigenvalue weighted by Crippen LogP contribution is 2.18. The van der Waals surface area contributed by atoms with Gasteiger partial charge >= 0.3 is 0 Å². The first kappa shape index (κ1) is 17.9. The van der Waals surface area contributed by atoms with E-state index in [-0.39, 0.29) is 28.6 Å². The summed E-state index contributed by atoms with van der Waals surface area (Å²) in [5.74, 6) is -1.37. The molecule has 1 atom stereocenters. The van der Waals surface area contributed by atoms with Crippen molar-refractivity contribution in [1.82, 2.24) is 4.90 Å². The van der Waals surface area contributed by atoms with E-state index >= 15 is 0 Å². The van der Waals surface area contributed by atoms with E-state index in [1.807, 2.05) is 0 Å². The van der Waals surface area contributed by atoms with Crippen LogP contribution in [-0.2, 0) is 9.84 Å². The van der Waals surface area contributed by atoms with Gasteiger partial charge in [0, 0.05) is 23.4 Å². The van der Waals surface area contributed by atoms with Crippen LogP contribution in [0.15, 0.2) is 18.2 Å². The highest BCUT2D eigenvalue weighted by atomic mass is 35.5. The molecule has 0 heterocycles. The predicted molar refractivity (Wildman–Crippen MR) is 81.9 cm³/mol. The molecular weight excluding hydrogens is 317 g/mol. The van der Waals surface area contributed by atoms with Crippen LogP contribution >= 0.6 is 11.6 Å². The fourth-order valence-corrected chi connectivity index (χ4v) is 3.37. The summed E-state index contributed by atoms with van der Waals surface area (Å²) in [4.78, 5) is 13.7. The summed E-state index contributed by atoms with van der Waals surface area (Å²) in [5.41, 5.74) is -0.148. The van der Waals surface area contributed by atoms with Gasteiger partial charge in [0.1, 0.15) is 5.82 Å². The third kappa shape index (κ3) is 4.68. The molecule has 1 amide bonds. The maximum absolute atomic E-state index is 13.8. The minimum Gasteiger partial charge on any atom is -0.335 e. The third-order valence-electron chi connectivity index (χ3n) is 3.23. The van der Waals surface area contributed by atoms with Gasteiger partial charge in [0.25, 0.3) is 5.91 Å². The average molecular weight is 336 g/mol. The molecule has 0 aliphatic rings. The van der Waals surface area contributed by atoms with Gasteiger partial charge in [0.05, 0.1) is 11.3 Å². The van der Waals surface area contributed by atoms with E-state index in [1.54, 1.807) is 20.8 Å². The van der Waals surface area contributed by atoms with Crippen molar-refractivity contribution in [2.24, 2.45) is 0 Å². The van der Waals surface area contributed by atoms with Crippen LogP contribution in [0.2, 0.25) is 5.02 Å². The topological polar surface area (TPSA) is 54.5 Å². The molecule has 1 rings (SSSR count). The molecule has 0 aliphatic heterocycles. The first-order valence-corrected chi connectivity index (χ1v) is 8.88. The summed E-state index contributed by atoms with van der Waals surface area (Å²) in [6.07, 6.45) is 0. The number of halogens is 2. The van der Waals surface area contributed by atoms with Crippen LogP contribution in [0.1, 0.15) is 31.1 Å². The summed E-state index contributed by atoms with van der Waals surface area (Å²) in [6, 6.07) is 3.19. The molecule has 0 aliphatic carbocycles. The van der Waals surface area contributed by atoms with Gasteiger partial charge in [-0.3, -0.25) is 4.79 Å². The van der Waals surface area contributed by atoms with Gasteiger partial charge in [0.15, 0.2) is 9.84 Å². The Bertz CT molecular complexity index is 619. The Kier molecular flexibility index (Phi) is 6.16. The van der Waals surface area contributed by atoms with Crippen molar-refractivity contribution in [2.75, 3.05) is 18.1 Å². The zero-order chi connectivity index (χ0) is 16.2. The summed E-state index contributed by atoms with van der Waals surface area (Å²) < 4.78 is 37.1. The van der Waals surface area contributed by atoms with Crippen molar-refractivity contribution >= 4 is 27.3 Å². The van der Waals surface area contributed by atoms with E-state index in [9.17, 15) is 17.6 Å². The number of rotatable bonds is 6. The van der Waals surface area contributed by atoms with Crippen molar-refractivity contribution in [2.45, 2.75) is 26.8 Å². The molecule has 0 saturated heterocycles. The molecule has 0 fully saturated rings. The number of amides is 1. The van der Waals surface area contributed by atoms with E-state index in [4.69, 9.17) is 11.6 Å². The van der Waals surface area contributed by atoms with Crippen molar-refractivity contribution in [3.05, 3.63) is 34.6 Å². The standard InChI is InChI=1S/C14H19ClFNO3S/c1-4-17(10(3)9-21(19,20)5-2)14(18)12-8-11(15)6-7-13(12)16/h6-8,10H,4-5,9H2,1-3H3. The summed E-state index contributed by atoms with van der Waals surface area (Å²) in [6.45, 7) is 5.19. The Morgan fingerprint density at radius 3 is 2.52 bits per heavy atom. The van der Waals surface area contributed by atoms with Gasteiger partial charge in [-0.2, -0.15) is 0 Å². The summed E-state index contributed by atoms with van der Waals surface area (Å²) in [5, 5.41) is 0.254. The Hall–Kier alpha value is -1.14.